The van der Waals surface area contributed by atoms with E-state index in [1.807, 2.05) is 6.92 Å². The van der Waals surface area contributed by atoms with E-state index in [1.54, 1.807) is 0 Å². The minimum Gasteiger partial charge on any atom is -0.357 e. The molecule has 0 bridgehead atoms. The molecule has 0 aliphatic carbocycles. The summed E-state index contributed by atoms with van der Waals surface area (Å²) in [5, 5.41) is 6.82. The summed E-state index contributed by atoms with van der Waals surface area (Å²) >= 11 is 0. The summed E-state index contributed by atoms with van der Waals surface area (Å²) in [4.78, 5) is 32.3. The van der Waals surface area contributed by atoms with E-state index in [9.17, 15) is 9.59 Å². The minimum absolute atomic E-state index is 0. The van der Waals surface area contributed by atoms with Crippen LogP contribution in [0.3, 0.4) is 0 Å². The molecular weight excluding hydrogens is 505 g/mol. The highest BCUT2D eigenvalue weighted by atomic mass is 127. The van der Waals surface area contributed by atoms with Gasteiger partial charge in [0.05, 0.1) is 6.54 Å². The van der Waals surface area contributed by atoms with Gasteiger partial charge in [0.2, 0.25) is 11.8 Å². The summed E-state index contributed by atoms with van der Waals surface area (Å²) in [6.07, 6.45) is 3.74. The largest absolute Gasteiger partial charge is 0.357 e. The fourth-order valence-electron chi connectivity index (χ4n) is 4.13. The van der Waals surface area contributed by atoms with Crippen LogP contribution >= 0.6 is 24.0 Å². The van der Waals surface area contributed by atoms with Gasteiger partial charge in [-0.2, -0.15) is 0 Å². The number of amides is 2. The van der Waals surface area contributed by atoms with Crippen molar-refractivity contribution in [2.45, 2.75) is 58.5 Å². The molecule has 1 aromatic carbocycles. The lowest BCUT2D eigenvalue weighted by Gasteiger charge is -2.33. The number of rotatable bonds is 7. The SMILES string of the molecule is CCNC(=NCCN1C(=O)CCCC1=O)NC1CCN(Cc2cccc(C)c2)CC1.I. The monoisotopic (exact) mass is 541 g/mol. The zero-order valence-corrected chi connectivity index (χ0v) is 21.1. The van der Waals surface area contributed by atoms with E-state index in [-0.39, 0.29) is 35.8 Å². The molecule has 0 radical (unpaired) electrons. The smallest absolute Gasteiger partial charge is 0.229 e. The normalized spacial score (nSPS) is 18.6. The van der Waals surface area contributed by atoms with Crippen LogP contribution in [0.25, 0.3) is 0 Å². The number of guanidine groups is 1. The van der Waals surface area contributed by atoms with Gasteiger partial charge in [-0.1, -0.05) is 29.8 Å². The maximum absolute atomic E-state index is 11.9. The van der Waals surface area contributed by atoms with Crippen LogP contribution in [0.4, 0.5) is 0 Å². The van der Waals surface area contributed by atoms with Gasteiger partial charge in [-0.25, -0.2) is 0 Å². The molecule has 2 N–H and O–H groups in total. The highest BCUT2D eigenvalue weighted by Crippen LogP contribution is 2.15. The van der Waals surface area contributed by atoms with Gasteiger partial charge in [0, 0.05) is 51.6 Å². The van der Waals surface area contributed by atoms with Crippen molar-refractivity contribution >= 4 is 41.8 Å². The van der Waals surface area contributed by atoms with Gasteiger partial charge in [0.1, 0.15) is 0 Å². The number of aliphatic imine (C=N–C) groups is 1. The van der Waals surface area contributed by atoms with E-state index < -0.39 is 0 Å². The molecule has 0 aromatic heterocycles. The summed E-state index contributed by atoms with van der Waals surface area (Å²) in [5.41, 5.74) is 2.68. The number of nitrogens with one attached hydrogen (secondary N) is 2. The molecule has 7 nitrogen and oxygen atoms in total. The summed E-state index contributed by atoms with van der Waals surface area (Å²) in [5.74, 6) is 0.632. The third kappa shape index (κ3) is 8.07. The van der Waals surface area contributed by atoms with E-state index >= 15 is 0 Å². The van der Waals surface area contributed by atoms with Crippen molar-refractivity contribution in [3.63, 3.8) is 0 Å². The topological polar surface area (TPSA) is 77.0 Å². The van der Waals surface area contributed by atoms with Crippen molar-refractivity contribution in [3.05, 3.63) is 35.4 Å². The first-order valence-electron chi connectivity index (χ1n) is 11.2. The molecule has 2 aliphatic heterocycles. The molecule has 1 aromatic rings. The van der Waals surface area contributed by atoms with Gasteiger partial charge in [0.25, 0.3) is 0 Å². The lowest BCUT2D eigenvalue weighted by Crippen LogP contribution is -2.49. The van der Waals surface area contributed by atoms with Crippen molar-refractivity contribution in [3.8, 4) is 0 Å². The van der Waals surface area contributed by atoms with E-state index in [1.165, 1.54) is 16.0 Å². The Balaban J connectivity index is 0.00000341. The summed E-state index contributed by atoms with van der Waals surface area (Å²) in [6, 6.07) is 9.11. The van der Waals surface area contributed by atoms with Gasteiger partial charge in [-0.05, 0) is 38.7 Å². The Bertz CT molecular complexity index is 746. The third-order valence-electron chi connectivity index (χ3n) is 5.74. The Morgan fingerprint density at radius 1 is 1.16 bits per heavy atom. The minimum atomic E-state index is -0.0691. The number of carbonyl (C=O) groups excluding carboxylic acids is 2. The number of carbonyl (C=O) groups is 2. The fourth-order valence-corrected chi connectivity index (χ4v) is 4.13. The third-order valence-corrected chi connectivity index (χ3v) is 5.74. The first kappa shape index (κ1) is 25.6. The van der Waals surface area contributed by atoms with Crippen molar-refractivity contribution in [1.82, 2.24) is 20.4 Å². The number of hydrogen-bond donors (Lipinski definition) is 2. The quantitative estimate of drug-likeness (QED) is 0.240. The van der Waals surface area contributed by atoms with Crippen LogP contribution in [0, 0.1) is 6.92 Å². The molecule has 0 saturated carbocycles. The number of piperidine rings is 2. The average Bonchev–Trinajstić information content (AvgIpc) is 2.72. The number of halogens is 1. The highest BCUT2D eigenvalue weighted by Gasteiger charge is 2.25. The van der Waals surface area contributed by atoms with Crippen LogP contribution in [-0.2, 0) is 16.1 Å². The van der Waals surface area contributed by atoms with E-state index in [4.69, 9.17) is 0 Å². The second-order valence-corrected chi connectivity index (χ2v) is 8.24. The molecule has 0 spiro atoms. The number of aryl methyl sites for hydroxylation is 1. The Hall–Kier alpha value is -1.68. The van der Waals surface area contributed by atoms with Crippen molar-refractivity contribution in [2.75, 3.05) is 32.7 Å². The van der Waals surface area contributed by atoms with Crippen molar-refractivity contribution in [1.29, 1.82) is 0 Å². The van der Waals surface area contributed by atoms with E-state index in [2.05, 4.69) is 51.7 Å². The van der Waals surface area contributed by atoms with E-state index in [0.717, 1.165) is 45.0 Å². The molecule has 2 heterocycles. The van der Waals surface area contributed by atoms with Crippen LogP contribution in [-0.4, -0.2) is 66.3 Å². The second-order valence-electron chi connectivity index (χ2n) is 8.24. The summed E-state index contributed by atoms with van der Waals surface area (Å²) < 4.78 is 0. The summed E-state index contributed by atoms with van der Waals surface area (Å²) in [7, 11) is 0. The predicted octanol–water partition coefficient (Wildman–Crippen LogP) is 2.67. The highest BCUT2D eigenvalue weighted by molar-refractivity contribution is 14.0. The Morgan fingerprint density at radius 3 is 2.52 bits per heavy atom. The molecule has 0 unspecified atom stereocenters. The Kier molecular flexibility index (Phi) is 10.7. The van der Waals surface area contributed by atoms with Gasteiger partial charge >= 0.3 is 0 Å². The van der Waals surface area contributed by atoms with Crippen LogP contribution < -0.4 is 10.6 Å². The first-order valence-corrected chi connectivity index (χ1v) is 11.2. The molecule has 2 aliphatic rings. The number of nitrogens with zero attached hydrogens (tertiary/aromatic N) is 3. The molecule has 2 amide bonds. The molecule has 8 heteroatoms. The van der Waals surface area contributed by atoms with Crippen molar-refractivity contribution < 1.29 is 9.59 Å². The van der Waals surface area contributed by atoms with Gasteiger partial charge in [-0.15, -0.1) is 24.0 Å². The maximum atomic E-state index is 11.9. The number of likely N-dealkylation sites (tertiary alicyclic amines) is 2. The van der Waals surface area contributed by atoms with Crippen LogP contribution in [0.15, 0.2) is 29.3 Å². The molecular formula is C23H36IN5O2. The number of imide groups is 1. The van der Waals surface area contributed by atoms with Gasteiger partial charge in [-0.3, -0.25) is 24.4 Å². The molecule has 2 fully saturated rings. The Morgan fingerprint density at radius 2 is 1.87 bits per heavy atom. The zero-order valence-electron chi connectivity index (χ0n) is 18.7. The van der Waals surface area contributed by atoms with Gasteiger partial charge < -0.3 is 10.6 Å². The molecule has 2 saturated heterocycles. The molecule has 31 heavy (non-hydrogen) atoms. The lowest BCUT2D eigenvalue weighted by molar-refractivity contribution is -0.147. The van der Waals surface area contributed by atoms with Crippen molar-refractivity contribution in [2.24, 2.45) is 4.99 Å². The lowest BCUT2D eigenvalue weighted by atomic mass is 10.0. The van der Waals surface area contributed by atoms with E-state index in [0.29, 0.717) is 38.4 Å². The summed E-state index contributed by atoms with van der Waals surface area (Å²) in [6.45, 7) is 8.86. The fraction of sp³-hybridized carbons (Fsp3) is 0.609. The second kappa shape index (κ2) is 13.0. The maximum Gasteiger partial charge on any atom is 0.229 e. The van der Waals surface area contributed by atoms with Crippen LogP contribution in [0.5, 0.6) is 0 Å². The molecule has 172 valence electrons. The predicted molar refractivity (Wildman–Crippen MR) is 135 cm³/mol. The molecule has 0 atom stereocenters. The number of hydrogen-bond acceptors (Lipinski definition) is 4. The van der Waals surface area contributed by atoms with Crippen LogP contribution in [0.1, 0.15) is 50.2 Å². The van der Waals surface area contributed by atoms with Crippen LogP contribution in [0.2, 0.25) is 0 Å². The standard InChI is InChI=1S/C23H35N5O2.HI/c1-3-24-23(25-12-15-28-21(29)8-5-9-22(28)30)26-20-10-13-27(14-11-20)17-19-7-4-6-18(2)16-19;/h4,6-7,16,20H,3,5,8-15,17H2,1-2H3,(H2,24,25,26);1H. The van der Waals surface area contributed by atoms with Gasteiger partial charge in [0.15, 0.2) is 5.96 Å². The average molecular weight is 541 g/mol. The zero-order chi connectivity index (χ0) is 21.3. The number of benzene rings is 1. The Labute approximate surface area is 203 Å². The molecule has 3 rings (SSSR count). The first-order chi connectivity index (χ1) is 14.5.